The average Bonchev–Trinajstić information content (AvgIpc) is 2.31. The van der Waals surface area contributed by atoms with Gasteiger partial charge in [-0.3, -0.25) is 14.9 Å². The summed E-state index contributed by atoms with van der Waals surface area (Å²) in [7, 11) is 0. The summed E-state index contributed by atoms with van der Waals surface area (Å²) in [4.78, 5) is 22.6. The number of halogens is 1. The molecule has 1 amide bonds. The Morgan fingerprint density at radius 1 is 1.33 bits per heavy atom. The number of carbonyl (C=O) groups excluding carboxylic acids is 1. The highest BCUT2D eigenvalue weighted by atomic mass is 35.5. The van der Waals surface area contributed by atoms with Crippen LogP contribution >= 0.6 is 11.6 Å². The van der Waals surface area contributed by atoms with Gasteiger partial charge in [-0.15, -0.1) is 0 Å². The first-order valence-electron chi connectivity index (χ1n) is 6.43. The summed E-state index contributed by atoms with van der Waals surface area (Å²) in [6.07, 6.45) is 0. The van der Waals surface area contributed by atoms with Crippen molar-refractivity contribution in [1.82, 2.24) is 0 Å². The van der Waals surface area contributed by atoms with E-state index in [0.717, 1.165) is 0 Å². The predicted molar refractivity (Wildman–Crippen MR) is 83.5 cm³/mol. The Hall–Kier alpha value is -1.66. The van der Waals surface area contributed by atoms with Crippen molar-refractivity contribution in [2.24, 2.45) is 11.1 Å². The summed E-state index contributed by atoms with van der Waals surface area (Å²) in [6.45, 7) is 8.68. The van der Waals surface area contributed by atoms with E-state index in [2.05, 4.69) is 5.32 Å². The predicted octanol–water partition coefficient (Wildman–Crippen LogP) is 3.26. The Labute approximate surface area is 128 Å². The Bertz CT molecular complexity index is 592. The van der Waals surface area contributed by atoms with Gasteiger partial charge >= 0.3 is 0 Å². The molecule has 0 atom stereocenters. The minimum absolute atomic E-state index is 0.0225. The van der Waals surface area contributed by atoms with Gasteiger partial charge in [0, 0.05) is 17.3 Å². The molecule has 0 bridgehead atoms. The van der Waals surface area contributed by atoms with Gasteiger partial charge in [0.2, 0.25) is 5.91 Å². The van der Waals surface area contributed by atoms with Gasteiger partial charge in [-0.2, -0.15) is 0 Å². The number of nitrogens with one attached hydrogen (secondary N) is 1. The molecule has 1 aromatic rings. The van der Waals surface area contributed by atoms with Crippen molar-refractivity contribution in [3.8, 4) is 0 Å². The van der Waals surface area contributed by atoms with Crippen LogP contribution in [0, 0.1) is 22.5 Å². The normalized spacial score (nSPS) is 12.1. The van der Waals surface area contributed by atoms with E-state index < -0.39 is 15.9 Å². The largest absolute Gasteiger partial charge is 0.325 e. The number of amides is 1. The number of hydrogen-bond donors (Lipinski definition) is 2. The highest BCUT2D eigenvalue weighted by molar-refractivity contribution is 6.33. The number of nitro benzene ring substituents is 1. The van der Waals surface area contributed by atoms with Crippen LogP contribution in [0.4, 0.5) is 11.4 Å². The van der Waals surface area contributed by atoms with Crippen molar-refractivity contribution in [2.75, 3.05) is 5.32 Å². The number of nitrogens with zero attached hydrogens (tertiary/aromatic N) is 1. The number of aryl methyl sites for hydroxylation is 1. The van der Waals surface area contributed by atoms with Gasteiger partial charge in [-0.25, -0.2) is 0 Å². The van der Waals surface area contributed by atoms with Crippen LogP contribution in [0.5, 0.6) is 0 Å². The smallest absolute Gasteiger partial charge is 0.288 e. The molecule has 0 aliphatic carbocycles. The zero-order chi connectivity index (χ0) is 16.6. The standard InChI is InChI=1S/C14H20ClN3O3/c1-8-6-11(18(20)21)9(15)7-10(8)17-12(19)13(2,3)14(4,5)16/h6-7H,16H2,1-5H3,(H,17,19). The summed E-state index contributed by atoms with van der Waals surface area (Å²) < 4.78 is 0. The lowest BCUT2D eigenvalue weighted by Crippen LogP contribution is -2.53. The van der Waals surface area contributed by atoms with Gasteiger partial charge in [-0.1, -0.05) is 11.6 Å². The highest BCUT2D eigenvalue weighted by Crippen LogP contribution is 2.33. The molecule has 0 heterocycles. The van der Waals surface area contributed by atoms with Crippen molar-refractivity contribution in [3.63, 3.8) is 0 Å². The maximum Gasteiger partial charge on any atom is 0.288 e. The van der Waals surface area contributed by atoms with Crippen molar-refractivity contribution in [3.05, 3.63) is 32.8 Å². The van der Waals surface area contributed by atoms with E-state index in [9.17, 15) is 14.9 Å². The lowest BCUT2D eigenvalue weighted by atomic mass is 9.74. The van der Waals surface area contributed by atoms with Crippen LogP contribution in [0.15, 0.2) is 12.1 Å². The molecule has 3 N–H and O–H groups in total. The minimum Gasteiger partial charge on any atom is -0.325 e. The fourth-order valence-corrected chi connectivity index (χ4v) is 1.74. The third kappa shape index (κ3) is 3.51. The molecule has 0 spiro atoms. The molecule has 116 valence electrons. The molecule has 0 aliphatic heterocycles. The van der Waals surface area contributed by atoms with Crippen LogP contribution < -0.4 is 11.1 Å². The van der Waals surface area contributed by atoms with E-state index in [-0.39, 0.29) is 16.6 Å². The van der Waals surface area contributed by atoms with Crippen LogP contribution in [0.2, 0.25) is 5.02 Å². The first-order valence-corrected chi connectivity index (χ1v) is 6.80. The Morgan fingerprint density at radius 2 is 1.86 bits per heavy atom. The molecule has 0 fully saturated rings. The molecule has 0 saturated carbocycles. The molecule has 7 heteroatoms. The zero-order valence-corrected chi connectivity index (χ0v) is 13.5. The van der Waals surface area contributed by atoms with E-state index in [1.807, 2.05) is 0 Å². The first-order chi connectivity index (χ1) is 9.37. The van der Waals surface area contributed by atoms with Crippen molar-refractivity contribution in [1.29, 1.82) is 0 Å². The maximum atomic E-state index is 12.4. The molecule has 1 aromatic carbocycles. The number of hydrogen-bond acceptors (Lipinski definition) is 4. The van der Waals surface area contributed by atoms with Gasteiger partial charge in [0.15, 0.2) is 0 Å². The molecule has 0 aliphatic rings. The van der Waals surface area contributed by atoms with Crippen LogP contribution in [0.25, 0.3) is 0 Å². The monoisotopic (exact) mass is 313 g/mol. The fraction of sp³-hybridized carbons (Fsp3) is 0.500. The molecule has 0 saturated heterocycles. The SMILES string of the molecule is Cc1cc([N+](=O)[O-])c(Cl)cc1NC(=O)C(C)(C)C(C)(C)N. The van der Waals surface area contributed by atoms with E-state index in [1.165, 1.54) is 12.1 Å². The maximum absolute atomic E-state index is 12.4. The second-order valence-corrected chi connectivity index (χ2v) is 6.58. The molecule has 0 aromatic heterocycles. The third-order valence-electron chi connectivity index (χ3n) is 3.92. The number of carbonyl (C=O) groups is 1. The second-order valence-electron chi connectivity index (χ2n) is 6.18. The summed E-state index contributed by atoms with van der Waals surface area (Å²) in [5.74, 6) is -0.275. The molecule has 0 unspecified atom stereocenters. The Balaban J connectivity index is 3.13. The summed E-state index contributed by atoms with van der Waals surface area (Å²) in [5, 5.41) is 13.5. The first kappa shape index (κ1) is 17.4. The van der Waals surface area contributed by atoms with Crippen LogP contribution in [0.3, 0.4) is 0 Å². The number of rotatable bonds is 4. The third-order valence-corrected chi connectivity index (χ3v) is 4.22. The van der Waals surface area contributed by atoms with Gasteiger partial charge in [0.1, 0.15) is 5.02 Å². The molecular formula is C14H20ClN3O3. The van der Waals surface area contributed by atoms with E-state index in [4.69, 9.17) is 17.3 Å². The number of benzene rings is 1. The van der Waals surface area contributed by atoms with Gasteiger partial charge in [0.25, 0.3) is 5.69 Å². The van der Waals surface area contributed by atoms with E-state index in [0.29, 0.717) is 11.3 Å². The molecule has 6 nitrogen and oxygen atoms in total. The molecular weight excluding hydrogens is 294 g/mol. The zero-order valence-electron chi connectivity index (χ0n) is 12.8. The van der Waals surface area contributed by atoms with E-state index >= 15 is 0 Å². The van der Waals surface area contributed by atoms with Crippen LogP contribution in [0.1, 0.15) is 33.3 Å². The van der Waals surface area contributed by atoms with Crippen LogP contribution in [-0.2, 0) is 4.79 Å². The lowest BCUT2D eigenvalue weighted by Gasteiger charge is -2.37. The van der Waals surface area contributed by atoms with Gasteiger partial charge in [-0.05, 0) is 46.2 Å². The quantitative estimate of drug-likeness (QED) is 0.658. The molecule has 1 rings (SSSR count). The lowest BCUT2D eigenvalue weighted by molar-refractivity contribution is -0.384. The van der Waals surface area contributed by atoms with E-state index in [1.54, 1.807) is 34.6 Å². The Kier molecular flexibility index (Phi) is 4.65. The second kappa shape index (κ2) is 5.61. The number of nitro groups is 1. The number of nitrogens with two attached hydrogens (primary N) is 1. The summed E-state index contributed by atoms with van der Waals surface area (Å²) in [5.41, 5.74) is 5.28. The van der Waals surface area contributed by atoms with Gasteiger partial charge in [0.05, 0.1) is 10.3 Å². The molecule has 0 radical (unpaired) electrons. The highest BCUT2D eigenvalue weighted by Gasteiger charge is 2.40. The summed E-state index contributed by atoms with van der Waals surface area (Å²) >= 11 is 5.87. The Morgan fingerprint density at radius 3 is 2.29 bits per heavy atom. The van der Waals surface area contributed by atoms with Crippen molar-refractivity contribution < 1.29 is 9.72 Å². The van der Waals surface area contributed by atoms with Crippen molar-refractivity contribution in [2.45, 2.75) is 40.2 Å². The fourth-order valence-electron chi connectivity index (χ4n) is 1.51. The van der Waals surface area contributed by atoms with Gasteiger partial charge < -0.3 is 11.1 Å². The average molecular weight is 314 g/mol. The van der Waals surface area contributed by atoms with Crippen molar-refractivity contribution >= 4 is 28.9 Å². The number of anilines is 1. The topological polar surface area (TPSA) is 98.3 Å². The summed E-state index contributed by atoms with van der Waals surface area (Å²) in [6, 6.07) is 2.71. The molecule has 21 heavy (non-hydrogen) atoms. The minimum atomic E-state index is -0.826. The van der Waals surface area contributed by atoms with Crippen LogP contribution in [-0.4, -0.2) is 16.4 Å².